The monoisotopic (exact) mass is 160 g/mol. The van der Waals surface area contributed by atoms with Crippen molar-refractivity contribution in [2.45, 2.75) is 32.5 Å². The van der Waals surface area contributed by atoms with Crippen molar-refractivity contribution in [2.24, 2.45) is 0 Å². The van der Waals surface area contributed by atoms with Crippen LogP contribution in [0.3, 0.4) is 0 Å². The van der Waals surface area contributed by atoms with Crippen LogP contribution < -0.4 is 0 Å². The first-order chi connectivity index (χ1) is 5.95. The van der Waals surface area contributed by atoms with E-state index in [0.29, 0.717) is 0 Å². The molecule has 62 valence electrons. The van der Waals surface area contributed by atoms with Gasteiger partial charge in [0.05, 0.1) is 13.2 Å². The Kier molecular flexibility index (Phi) is 1.30. The molecule has 1 aromatic carbocycles. The molecule has 0 saturated heterocycles. The Morgan fingerprint density at radius 2 is 1.83 bits per heavy atom. The number of ether oxygens (including phenoxy) is 1. The second kappa shape index (κ2) is 2.33. The average Bonchev–Trinajstić information content (AvgIpc) is 2.71. The van der Waals surface area contributed by atoms with Crippen molar-refractivity contribution < 1.29 is 4.74 Å². The highest BCUT2D eigenvalue weighted by Crippen LogP contribution is 2.31. The van der Waals surface area contributed by atoms with Gasteiger partial charge in [0.15, 0.2) is 0 Å². The molecule has 3 rings (SSSR count). The van der Waals surface area contributed by atoms with Gasteiger partial charge in [-0.25, -0.2) is 0 Å². The van der Waals surface area contributed by atoms with Gasteiger partial charge in [-0.15, -0.1) is 0 Å². The van der Waals surface area contributed by atoms with E-state index in [9.17, 15) is 0 Å². The van der Waals surface area contributed by atoms with Crippen LogP contribution >= 0.6 is 0 Å². The molecule has 1 aliphatic heterocycles. The molecule has 0 fully saturated rings. The standard InChI is InChI=1S/C11H12O/c1-2-8-4-5-9-6-12-7-11(9)10(8)3-1/h4-5H,1-3,6-7H2. The van der Waals surface area contributed by atoms with Crippen LogP contribution in [0, 0.1) is 0 Å². The van der Waals surface area contributed by atoms with Crippen molar-refractivity contribution in [3.8, 4) is 0 Å². The molecule has 1 aromatic rings. The van der Waals surface area contributed by atoms with Gasteiger partial charge < -0.3 is 4.74 Å². The Balaban J connectivity index is 2.24. The third kappa shape index (κ3) is 0.774. The van der Waals surface area contributed by atoms with E-state index in [2.05, 4.69) is 12.1 Å². The topological polar surface area (TPSA) is 9.23 Å². The van der Waals surface area contributed by atoms with Gasteiger partial charge in [0.1, 0.15) is 0 Å². The first kappa shape index (κ1) is 6.67. The third-order valence-electron chi connectivity index (χ3n) is 3.00. The van der Waals surface area contributed by atoms with E-state index >= 15 is 0 Å². The number of hydrogen-bond donors (Lipinski definition) is 0. The van der Waals surface area contributed by atoms with Crippen LogP contribution in [-0.2, 0) is 30.8 Å². The zero-order valence-electron chi connectivity index (χ0n) is 7.10. The molecule has 1 heterocycles. The fourth-order valence-corrected chi connectivity index (χ4v) is 2.37. The van der Waals surface area contributed by atoms with Crippen molar-refractivity contribution in [1.29, 1.82) is 0 Å². The van der Waals surface area contributed by atoms with Crippen LogP contribution in [0.25, 0.3) is 0 Å². The van der Waals surface area contributed by atoms with E-state index in [4.69, 9.17) is 4.74 Å². The Morgan fingerprint density at radius 3 is 2.83 bits per heavy atom. The van der Waals surface area contributed by atoms with E-state index in [0.717, 1.165) is 13.2 Å². The summed E-state index contributed by atoms with van der Waals surface area (Å²) in [6, 6.07) is 4.53. The van der Waals surface area contributed by atoms with Crippen LogP contribution in [0.15, 0.2) is 12.1 Å². The van der Waals surface area contributed by atoms with Gasteiger partial charge >= 0.3 is 0 Å². The van der Waals surface area contributed by atoms with E-state index in [-0.39, 0.29) is 0 Å². The van der Waals surface area contributed by atoms with Gasteiger partial charge in [-0.05, 0) is 41.5 Å². The smallest absolute Gasteiger partial charge is 0.0727 e. The molecule has 0 saturated carbocycles. The quantitative estimate of drug-likeness (QED) is 0.565. The number of rotatable bonds is 0. The van der Waals surface area contributed by atoms with Gasteiger partial charge in [0, 0.05) is 0 Å². The number of hydrogen-bond acceptors (Lipinski definition) is 1. The predicted molar refractivity (Wildman–Crippen MR) is 47.0 cm³/mol. The summed E-state index contributed by atoms with van der Waals surface area (Å²) in [5.41, 5.74) is 6.10. The van der Waals surface area contributed by atoms with Crippen molar-refractivity contribution >= 4 is 0 Å². The van der Waals surface area contributed by atoms with Gasteiger partial charge in [-0.2, -0.15) is 0 Å². The molecule has 0 bridgehead atoms. The maximum Gasteiger partial charge on any atom is 0.0727 e. The summed E-state index contributed by atoms with van der Waals surface area (Å²) in [5.74, 6) is 0. The number of fused-ring (bicyclic) bond motifs is 3. The molecule has 1 aliphatic carbocycles. The molecule has 2 aliphatic rings. The van der Waals surface area contributed by atoms with Crippen LogP contribution in [-0.4, -0.2) is 0 Å². The lowest BCUT2D eigenvalue weighted by molar-refractivity contribution is 0.134. The second-order valence-corrected chi connectivity index (χ2v) is 3.69. The Bertz CT molecular complexity index is 295. The highest BCUT2D eigenvalue weighted by molar-refractivity contribution is 5.44. The van der Waals surface area contributed by atoms with Gasteiger partial charge in [0.25, 0.3) is 0 Å². The maximum absolute atomic E-state index is 5.44. The van der Waals surface area contributed by atoms with Crippen LogP contribution in [0.2, 0.25) is 0 Å². The SMILES string of the molecule is c1cc2c(c3c1CCC3)COC2. The number of aryl methyl sites for hydroxylation is 1. The lowest BCUT2D eigenvalue weighted by Gasteiger charge is -2.04. The summed E-state index contributed by atoms with van der Waals surface area (Å²) >= 11 is 0. The van der Waals surface area contributed by atoms with E-state index in [1.165, 1.54) is 30.4 Å². The van der Waals surface area contributed by atoms with E-state index < -0.39 is 0 Å². The molecule has 0 aromatic heterocycles. The van der Waals surface area contributed by atoms with Crippen molar-refractivity contribution in [1.82, 2.24) is 0 Å². The van der Waals surface area contributed by atoms with Crippen LogP contribution in [0.1, 0.15) is 28.7 Å². The summed E-state index contributed by atoms with van der Waals surface area (Å²) in [5, 5.41) is 0. The second-order valence-electron chi connectivity index (χ2n) is 3.69. The van der Waals surface area contributed by atoms with Crippen LogP contribution in [0.4, 0.5) is 0 Å². The minimum Gasteiger partial charge on any atom is -0.372 e. The van der Waals surface area contributed by atoms with Crippen molar-refractivity contribution in [3.05, 3.63) is 34.4 Å². The molecular weight excluding hydrogens is 148 g/mol. The molecule has 0 radical (unpaired) electrons. The minimum atomic E-state index is 0.836. The molecule has 0 amide bonds. The van der Waals surface area contributed by atoms with E-state index in [1.807, 2.05) is 0 Å². The molecule has 0 unspecified atom stereocenters. The van der Waals surface area contributed by atoms with Gasteiger partial charge in [0.2, 0.25) is 0 Å². The highest BCUT2D eigenvalue weighted by Gasteiger charge is 2.20. The Labute approximate surface area is 72.4 Å². The third-order valence-corrected chi connectivity index (χ3v) is 3.00. The van der Waals surface area contributed by atoms with E-state index in [1.54, 1.807) is 11.1 Å². The normalized spacial score (nSPS) is 19.3. The van der Waals surface area contributed by atoms with Gasteiger partial charge in [-0.1, -0.05) is 12.1 Å². The highest BCUT2D eigenvalue weighted by atomic mass is 16.5. The molecule has 0 spiro atoms. The fourth-order valence-electron chi connectivity index (χ4n) is 2.37. The molecular formula is C11H12O. The average molecular weight is 160 g/mol. The predicted octanol–water partition coefficient (Wildman–Crippen LogP) is 2.21. The molecule has 0 atom stereocenters. The summed E-state index contributed by atoms with van der Waals surface area (Å²) in [7, 11) is 0. The van der Waals surface area contributed by atoms with Crippen molar-refractivity contribution in [2.75, 3.05) is 0 Å². The maximum atomic E-state index is 5.44. The van der Waals surface area contributed by atoms with Crippen LogP contribution in [0.5, 0.6) is 0 Å². The Hall–Kier alpha value is -0.820. The fraction of sp³-hybridized carbons (Fsp3) is 0.455. The summed E-state index contributed by atoms with van der Waals surface area (Å²) < 4.78 is 5.44. The zero-order valence-corrected chi connectivity index (χ0v) is 7.10. The summed E-state index contributed by atoms with van der Waals surface area (Å²) in [6.45, 7) is 1.70. The molecule has 0 N–H and O–H groups in total. The molecule has 1 nitrogen and oxygen atoms in total. The minimum absolute atomic E-state index is 0.836. The largest absolute Gasteiger partial charge is 0.372 e. The molecule has 1 heteroatoms. The lowest BCUT2D eigenvalue weighted by Crippen LogP contribution is -1.91. The molecule has 12 heavy (non-hydrogen) atoms. The first-order valence-electron chi connectivity index (χ1n) is 4.65. The van der Waals surface area contributed by atoms with Gasteiger partial charge in [-0.3, -0.25) is 0 Å². The van der Waals surface area contributed by atoms with Crippen molar-refractivity contribution in [3.63, 3.8) is 0 Å². The first-order valence-corrected chi connectivity index (χ1v) is 4.65. The lowest BCUT2D eigenvalue weighted by atomic mass is 10.00. The Morgan fingerprint density at radius 1 is 0.917 bits per heavy atom. The number of benzene rings is 1. The summed E-state index contributed by atoms with van der Waals surface area (Å²) in [6.07, 6.45) is 3.90. The summed E-state index contributed by atoms with van der Waals surface area (Å²) in [4.78, 5) is 0. The zero-order chi connectivity index (χ0) is 7.97.